The van der Waals surface area contributed by atoms with Crippen molar-refractivity contribution in [2.75, 3.05) is 30.8 Å². The lowest BCUT2D eigenvalue weighted by molar-refractivity contribution is -0.0929. The zero-order valence-electron chi connectivity index (χ0n) is 22.1. The lowest BCUT2D eigenvalue weighted by Crippen LogP contribution is -2.46. The number of hydrogen-bond acceptors (Lipinski definition) is 7. The average molecular weight is 534 g/mol. The summed E-state index contributed by atoms with van der Waals surface area (Å²) >= 11 is 0. The van der Waals surface area contributed by atoms with Crippen LogP contribution in [0.1, 0.15) is 56.3 Å². The molecule has 0 saturated carbocycles. The fraction of sp³-hybridized carbons (Fsp3) is 0.607. The minimum Gasteiger partial charge on any atom is -0.387 e. The number of carbonyl (C=O) groups is 1. The number of aliphatic hydroxyl groups excluding tert-OH is 1. The first-order valence-corrected chi connectivity index (χ1v) is 14.9. The number of hydrogen-bond donors (Lipinski definition) is 1. The van der Waals surface area contributed by atoms with Crippen molar-refractivity contribution in [3.63, 3.8) is 0 Å². The van der Waals surface area contributed by atoms with Gasteiger partial charge in [-0.05, 0) is 51.2 Å². The van der Waals surface area contributed by atoms with Gasteiger partial charge in [-0.15, -0.1) is 0 Å². The molecule has 3 aliphatic rings. The predicted molar refractivity (Wildman–Crippen MR) is 142 cm³/mol. The van der Waals surface area contributed by atoms with Crippen molar-refractivity contribution < 1.29 is 32.5 Å². The molecule has 3 heterocycles. The van der Waals surface area contributed by atoms with Gasteiger partial charge in [0.15, 0.2) is 5.78 Å². The number of anilines is 1. The average Bonchev–Trinajstić information content (AvgIpc) is 3.64. The maximum Gasteiger partial charge on any atom is 0.232 e. The summed E-state index contributed by atoms with van der Waals surface area (Å²) in [7, 11) is -2.01. The minimum atomic E-state index is -3.47. The van der Waals surface area contributed by atoms with Crippen LogP contribution in [0.4, 0.5) is 5.69 Å². The third-order valence-corrected chi connectivity index (χ3v) is 9.06. The highest BCUT2D eigenvalue weighted by Crippen LogP contribution is 2.40. The van der Waals surface area contributed by atoms with Crippen molar-refractivity contribution in [1.29, 1.82) is 0 Å². The van der Waals surface area contributed by atoms with Crippen LogP contribution in [0.3, 0.4) is 0 Å². The SMILES string of the molecule is CC(/C=C/[C@H]1OCC[C@@]2(CO2)[C@@H]1O)=C\C[C@H]1CC[C@@H](CC(=O)c2ccccc2N(C)S(C)(=O)=O)[C@@H](C)O1. The monoisotopic (exact) mass is 533 g/mol. The molecule has 3 aliphatic heterocycles. The first-order chi connectivity index (χ1) is 17.5. The van der Waals surface area contributed by atoms with Crippen molar-refractivity contribution in [1.82, 2.24) is 0 Å². The molecular weight excluding hydrogens is 494 g/mol. The van der Waals surface area contributed by atoms with Crippen LogP contribution < -0.4 is 4.31 Å². The Hall–Kier alpha value is -2.04. The molecule has 1 spiro atoms. The Bertz CT molecular complexity index is 1140. The maximum absolute atomic E-state index is 13.1. The van der Waals surface area contributed by atoms with Gasteiger partial charge in [-0.25, -0.2) is 8.42 Å². The van der Waals surface area contributed by atoms with E-state index >= 15 is 0 Å². The summed E-state index contributed by atoms with van der Waals surface area (Å²) in [5, 5.41) is 10.5. The largest absolute Gasteiger partial charge is 0.387 e. The van der Waals surface area contributed by atoms with E-state index in [1.54, 1.807) is 24.3 Å². The fourth-order valence-electron chi connectivity index (χ4n) is 5.18. The van der Waals surface area contributed by atoms with Gasteiger partial charge in [-0.3, -0.25) is 9.10 Å². The quantitative estimate of drug-likeness (QED) is 0.293. The van der Waals surface area contributed by atoms with Gasteiger partial charge in [0, 0.05) is 25.5 Å². The molecule has 1 aromatic carbocycles. The number of nitrogens with zero attached hydrogens (tertiary/aromatic N) is 1. The topological polar surface area (TPSA) is 106 Å². The van der Waals surface area contributed by atoms with Gasteiger partial charge in [-0.1, -0.05) is 35.9 Å². The zero-order chi connectivity index (χ0) is 26.8. The van der Waals surface area contributed by atoms with E-state index in [9.17, 15) is 18.3 Å². The number of allylic oxidation sites excluding steroid dienone is 2. The van der Waals surface area contributed by atoms with Gasteiger partial charge < -0.3 is 19.3 Å². The third-order valence-electron chi connectivity index (χ3n) is 7.87. The molecule has 8 nitrogen and oxygen atoms in total. The van der Waals surface area contributed by atoms with Gasteiger partial charge in [-0.2, -0.15) is 0 Å². The smallest absolute Gasteiger partial charge is 0.232 e. The van der Waals surface area contributed by atoms with E-state index in [-0.39, 0.29) is 30.0 Å². The van der Waals surface area contributed by atoms with E-state index in [4.69, 9.17) is 14.2 Å². The van der Waals surface area contributed by atoms with Crippen LogP contribution in [0.15, 0.2) is 48.1 Å². The molecule has 37 heavy (non-hydrogen) atoms. The summed E-state index contributed by atoms with van der Waals surface area (Å²) in [6.07, 6.45) is 9.70. The van der Waals surface area contributed by atoms with Gasteiger partial charge in [0.05, 0.1) is 37.4 Å². The Balaban J connectivity index is 1.29. The first kappa shape index (κ1) is 28.0. The fourth-order valence-corrected chi connectivity index (χ4v) is 5.69. The second kappa shape index (κ2) is 11.4. The van der Waals surface area contributed by atoms with Crippen molar-refractivity contribution in [2.24, 2.45) is 5.92 Å². The van der Waals surface area contributed by atoms with Gasteiger partial charge in [0.1, 0.15) is 17.8 Å². The van der Waals surface area contributed by atoms with E-state index in [1.165, 1.54) is 7.05 Å². The Morgan fingerprint density at radius 1 is 1.27 bits per heavy atom. The Morgan fingerprint density at radius 3 is 2.68 bits per heavy atom. The number of benzene rings is 1. The van der Waals surface area contributed by atoms with Gasteiger partial charge in [0.2, 0.25) is 10.0 Å². The number of carbonyl (C=O) groups excluding carboxylic acids is 1. The zero-order valence-corrected chi connectivity index (χ0v) is 22.9. The molecule has 0 amide bonds. The molecule has 1 aromatic rings. The number of aliphatic hydroxyl groups is 1. The molecule has 0 aliphatic carbocycles. The lowest BCUT2D eigenvalue weighted by Gasteiger charge is -2.34. The number of ether oxygens (including phenoxy) is 3. The molecular formula is C28H39NO7S. The van der Waals surface area contributed by atoms with Crippen LogP contribution in [0, 0.1) is 5.92 Å². The van der Waals surface area contributed by atoms with E-state index < -0.39 is 21.7 Å². The number of rotatable bonds is 9. The Labute approximate surface area is 220 Å². The molecule has 0 bridgehead atoms. The van der Waals surface area contributed by atoms with Crippen LogP contribution in [-0.4, -0.2) is 75.8 Å². The second-order valence-corrected chi connectivity index (χ2v) is 12.6. The van der Waals surface area contributed by atoms with Gasteiger partial charge in [0.25, 0.3) is 0 Å². The van der Waals surface area contributed by atoms with Crippen molar-refractivity contribution in [3.8, 4) is 0 Å². The highest BCUT2D eigenvalue weighted by atomic mass is 32.2. The number of para-hydroxylation sites is 1. The summed E-state index contributed by atoms with van der Waals surface area (Å²) < 4.78 is 42.6. The van der Waals surface area contributed by atoms with Crippen LogP contribution in [0.25, 0.3) is 0 Å². The van der Waals surface area contributed by atoms with E-state index in [1.807, 2.05) is 26.0 Å². The summed E-state index contributed by atoms with van der Waals surface area (Å²) in [4.78, 5) is 13.1. The van der Waals surface area contributed by atoms with Crippen LogP contribution in [0.2, 0.25) is 0 Å². The number of epoxide rings is 1. The Kier molecular flexibility index (Phi) is 8.60. The maximum atomic E-state index is 13.1. The van der Waals surface area contributed by atoms with Crippen LogP contribution in [0.5, 0.6) is 0 Å². The van der Waals surface area contributed by atoms with Crippen LogP contribution in [-0.2, 0) is 24.2 Å². The summed E-state index contributed by atoms with van der Waals surface area (Å²) in [5.74, 6) is 0.00333. The highest BCUT2D eigenvalue weighted by molar-refractivity contribution is 7.92. The molecule has 9 heteroatoms. The standard InChI is InChI=1S/C28H39NO7S/c1-19(10-14-26-27(31)28(18-35-28)15-16-34-26)9-12-22-13-11-21(20(2)36-22)17-25(30)23-7-5-6-8-24(23)29(3)37(4,32)33/h5-10,14,20-22,26-27,31H,11-13,15-18H2,1-4H3/b14-10+,19-9+/t20-,21+,22+,26-,27-,28-/m1/s1. The highest BCUT2D eigenvalue weighted by Gasteiger charge is 2.55. The van der Waals surface area contributed by atoms with Crippen LogP contribution >= 0.6 is 0 Å². The van der Waals surface area contributed by atoms with E-state index in [0.29, 0.717) is 30.9 Å². The van der Waals surface area contributed by atoms with Crippen molar-refractivity contribution in [3.05, 3.63) is 53.6 Å². The minimum absolute atomic E-state index is 0.0728. The predicted octanol–water partition coefficient (Wildman–Crippen LogP) is 3.65. The molecule has 3 fully saturated rings. The number of sulfonamides is 1. The number of Topliss-reactive ketones (excluding diaryl/α,β-unsaturated/α-hetero) is 1. The van der Waals surface area contributed by atoms with E-state index in [0.717, 1.165) is 41.8 Å². The molecule has 1 N–H and O–H groups in total. The Morgan fingerprint density at radius 2 is 2.00 bits per heavy atom. The molecule has 0 radical (unpaired) electrons. The molecule has 4 rings (SSSR count). The molecule has 6 atom stereocenters. The summed E-state index contributed by atoms with van der Waals surface area (Å²) in [5.41, 5.74) is 1.49. The molecule has 0 unspecified atom stereocenters. The van der Waals surface area contributed by atoms with Crippen molar-refractivity contribution >= 4 is 21.5 Å². The van der Waals surface area contributed by atoms with E-state index in [2.05, 4.69) is 6.08 Å². The third kappa shape index (κ3) is 6.70. The lowest BCUT2D eigenvalue weighted by atomic mass is 9.86. The summed E-state index contributed by atoms with van der Waals surface area (Å²) in [6, 6.07) is 6.84. The molecule has 3 saturated heterocycles. The van der Waals surface area contributed by atoms with Crippen molar-refractivity contribution in [2.45, 2.75) is 76.0 Å². The molecule has 0 aromatic heterocycles. The first-order valence-electron chi connectivity index (χ1n) is 13.0. The summed E-state index contributed by atoms with van der Waals surface area (Å²) in [6.45, 7) is 5.22. The second-order valence-electron chi connectivity index (χ2n) is 10.6. The molecule has 204 valence electrons. The number of ketones is 1. The van der Waals surface area contributed by atoms with Gasteiger partial charge >= 0.3 is 0 Å². The normalized spacial score (nSPS) is 32.6.